The Kier molecular flexibility index (Phi) is 2.50. The average Bonchev–Trinajstić information content (AvgIpc) is 2.05. The number of aryl methyl sites for hydroxylation is 1. The van der Waals surface area contributed by atoms with Crippen LogP contribution in [0.2, 0.25) is 0 Å². The Morgan fingerprint density at radius 3 is 2.77 bits per heavy atom. The molecule has 0 radical (unpaired) electrons. The van der Waals surface area contributed by atoms with Gasteiger partial charge in [-0.15, -0.1) is 0 Å². The maximum Gasteiger partial charge on any atom is 0.122 e. The Labute approximate surface area is 78.9 Å². The standard InChI is InChI=1S/C11H15NO/c1-9-4-2-3-5-11(9)13-8-10-6-12-7-10/h2-5,10,12H,6-8H2,1H3. The molecule has 1 N–H and O–H groups in total. The van der Waals surface area contributed by atoms with Crippen molar-refractivity contribution in [2.45, 2.75) is 6.92 Å². The zero-order chi connectivity index (χ0) is 9.10. The predicted octanol–water partition coefficient (Wildman–Crippen LogP) is 1.59. The summed E-state index contributed by atoms with van der Waals surface area (Å²) in [7, 11) is 0. The third-order valence-electron chi connectivity index (χ3n) is 2.43. The molecule has 2 nitrogen and oxygen atoms in total. The second-order valence-electron chi connectivity index (χ2n) is 3.60. The lowest BCUT2D eigenvalue weighted by Gasteiger charge is -2.27. The number of rotatable bonds is 3. The van der Waals surface area contributed by atoms with E-state index < -0.39 is 0 Å². The molecule has 1 aliphatic rings. The number of nitrogens with one attached hydrogen (secondary N) is 1. The molecule has 0 bridgehead atoms. The van der Waals surface area contributed by atoms with E-state index in [1.54, 1.807) is 0 Å². The van der Waals surface area contributed by atoms with Crippen LogP contribution in [0, 0.1) is 12.8 Å². The van der Waals surface area contributed by atoms with Gasteiger partial charge in [0.15, 0.2) is 0 Å². The zero-order valence-electron chi connectivity index (χ0n) is 7.92. The van der Waals surface area contributed by atoms with Crippen molar-refractivity contribution in [3.05, 3.63) is 29.8 Å². The normalized spacial score (nSPS) is 16.7. The van der Waals surface area contributed by atoms with Crippen LogP contribution >= 0.6 is 0 Å². The summed E-state index contributed by atoms with van der Waals surface area (Å²) in [5.41, 5.74) is 1.22. The molecule has 13 heavy (non-hydrogen) atoms. The fourth-order valence-electron chi connectivity index (χ4n) is 1.39. The van der Waals surface area contributed by atoms with E-state index in [-0.39, 0.29) is 0 Å². The van der Waals surface area contributed by atoms with Gasteiger partial charge < -0.3 is 10.1 Å². The highest BCUT2D eigenvalue weighted by Gasteiger charge is 2.17. The van der Waals surface area contributed by atoms with Crippen LogP contribution in [0.4, 0.5) is 0 Å². The quantitative estimate of drug-likeness (QED) is 0.757. The first-order chi connectivity index (χ1) is 6.36. The SMILES string of the molecule is Cc1ccccc1OCC1CNC1. The van der Waals surface area contributed by atoms with Gasteiger partial charge in [-0.2, -0.15) is 0 Å². The lowest BCUT2D eigenvalue weighted by Crippen LogP contribution is -2.45. The minimum Gasteiger partial charge on any atom is -0.493 e. The molecule has 0 saturated carbocycles. The monoisotopic (exact) mass is 177 g/mol. The highest BCUT2D eigenvalue weighted by Crippen LogP contribution is 2.17. The summed E-state index contributed by atoms with van der Waals surface area (Å²) in [4.78, 5) is 0. The molecule has 0 amide bonds. The van der Waals surface area contributed by atoms with Gasteiger partial charge in [0.1, 0.15) is 5.75 Å². The summed E-state index contributed by atoms with van der Waals surface area (Å²) >= 11 is 0. The van der Waals surface area contributed by atoms with Gasteiger partial charge in [0.05, 0.1) is 6.61 Å². The molecule has 0 aliphatic carbocycles. The van der Waals surface area contributed by atoms with Gasteiger partial charge in [0.25, 0.3) is 0 Å². The summed E-state index contributed by atoms with van der Waals surface area (Å²) in [5.74, 6) is 1.73. The first-order valence-corrected chi connectivity index (χ1v) is 4.75. The first-order valence-electron chi connectivity index (χ1n) is 4.75. The smallest absolute Gasteiger partial charge is 0.122 e. The fraction of sp³-hybridized carbons (Fsp3) is 0.455. The predicted molar refractivity (Wildman–Crippen MR) is 53.0 cm³/mol. The summed E-state index contributed by atoms with van der Waals surface area (Å²) < 4.78 is 5.70. The molecular formula is C11H15NO. The van der Waals surface area contributed by atoms with Gasteiger partial charge in [-0.1, -0.05) is 18.2 Å². The molecule has 1 saturated heterocycles. The molecule has 0 aromatic heterocycles. The fourth-order valence-corrected chi connectivity index (χ4v) is 1.39. The summed E-state index contributed by atoms with van der Waals surface area (Å²) in [5, 5.41) is 3.23. The highest BCUT2D eigenvalue weighted by molar-refractivity contribution is 5.31. The van der Waals surface area contributed by atoms with Crippen molar-refractivity contribution in [2.75, 3.05) is 19.7 Å². The van der Waals surface area contributed by atoms with Crippen molar-refractivity contribution in [2.24, 2.45) is 5.92 Å². The van der Waals surface area contributed by atoms with Crippen molar-refractivity contribution in [3.8, 4) is 5.75 Å². The number of ether oxygens (including phenoxy) is 1. The van der Waals surface area contributed by atoms with Crippen molar-refractivity contribution < 1.29 is 4.74 Å². The number of para-hydroxylation sites is 1. The van der Waals surface area contributed by atoms with E-state index in [2.05, 4.69) is 18.3 Å². The largest absolute Gasteiger partial charge is 0.493 e. The molecule has 0 spiro atoms. The maximum absolute atomic E-state index is 5.70. The Morgan fingerprint density at radius 1 is 1.38 bits per heavy atom. The second-order valence-corrected chi connectivity index (χ2v) is 3.60. The molecule has 0 atom stereocenters. The molecule has 70 valence electrons. The number of benzene rings is 1. The van der Waals surface area contributed by atoms with Gasteiger partial charge in [0.2, 0.25) is 0 Å². The zero-order valence-corrected chi connectivity index (χ0v) is 7.92. The van der Waals surface area contributed by atoms with Crippen molar-refractivity contribution in [1.29, 1.82) is 0 Å². The van der Waals surface area contributed by atoms with Crippen LogP contribution in [-0.2, 0) is 0 Å². The van der Waals surface area contributed by atoms with E-state index in [9.17, 15) is 0 Å². The van der Waals surface area contributed by atoms with Gasteiger partial charge in [-0.3, -0.25) is 0 Å². The third kappa shape index (κ3) is 2.01. The van der Waals surface area contributed by atoms with Crippen LogP contribution in [0.1, 0.15) is 5.56 Å². The Morgan fingerprint density at radius 2 is 2.15 bits per heavy atom. The van der Waals surface area contributed by atoms with Crippen molar-refractivity contribution in [1.82, 2.24) is 5.32 Å². The minimum absolute atomic E-state index is 0.708. The van der Waals surface area contributed by atoms with Crippen LogP contribution in [0.15, 0.2) is 24.3 Å². The van der Waals surface area contributed by atoms with Crippen LogP contribution in [-0.4, -0.2) is 19.7 Å². The van der Waals surface area contributed by atoms with Gasteiger partial charge in [-0.25, -0.2) is 0 Å². The van der Waals surface area contributed by atoms with E-state index in [4.69, 9.17) is 4.74 Å². The Bertz CT molecular complexity index is 281. The molecule has 1 fully saturated rings. The second kappa shape index (κ2) is 3.79. The number of hydrogen-bond donors (Lipinski definition) is 1. The van der Waals surface area contributed by atoms with Crippen LogP contribution in [0.25, 0.3) is 0 Å². The first kappa shape index (κ1) is 8.57. The molecular weight excluding hydrogens is 162 g/mol. The molecule has 0 unspecified atom stereocenters. The topological polar surface area (TPSA) is 21.3 Å². The van der Waals surface area contributed by atoms with E-state index in [1.165, 1.54) is 5.56 Å². The molecule has 1 aromatic rings. The van der Waals surface area contributed by atoms with Crippen LogP contribution in [0.5, 0.6) is 5.75 Å². The van der Waals surface area contributed by atoms with Gasteiger partial charge >= 0.3 is 0 Å². The number of hydrogen-bond acceptors (Lipinski definition) is 2. The van der Waals surface area contributed by atoms with Crippen LogP contribution < -0.4 is 10.1 Å². The van der Waals surface area contributed by atoms with E-state index in [0.717, 1.165) is 25.4 Å². The molecule has 1 aliphatic heterocycles. The van der Waals surface area contributed by atoms with E-state index >= 15 is 0 Å². The van der Waals surface area contributed by atoms with Crippen molar-refractivity contribution in [3.63, 3.8) is 0 Å². The highest BCUT2D eigenvalue weighted by atomic mass is 16.5. The van der Waals surface area contributed by atoms with E-state index in [1.807, 2.05) is 18.2 Å². The maximum atomic E-state index is 5.70. The average molecular weight is 177 g/mol. The minimum atomic E-state index is 0.708. The Balaban J connectivity index is 1.89. The van der Waals surface area contributed by atoms with E-state index in [0.29, 0.717) is 5.92 Å². The van der Waals surface area contributed by atoms with Crippen LogP contribution in [0.3, 0.4) is 0 Å². The van der Waals surface area contributed by atoms with Gasteiger partial charge in [0, 0.05) is 19.0 Å². The third-order valence-corrected chi connectivity index (χ3v) is 2.43. The summed E-state index contributed by atoms with van der Waals surface area (Å²) in [6, 6.07) is 8.16. The molecule has 2 rings (SSSR count). The van der Waals surface area contributed by atoms with Crippen molar-refractivity contribution >= 4 is 0 Å². The summed E-state index contributed by atoms with van der Waals surface area (Å²) in [6.07, 6.45) is 0. The Hall–Kier alpha value is -1.02. The lowest BCUT2D eigenvalue weighted by molar-refractivity contribution is 0.198. The molecule has 1 aromatic carbocycles. The molecule has 2 heteroatoms. The van der Waals surface area contributed by atoms with Gasteiger partial charge in [-0.05, 0) is 18.6 Å². The molecule has 1 heterocycles. The lowest BCUT2D eigenvalue weighted by atomic mass is 10.1. The summed E-state index contributed by atoms with van der Waals surface area (Å²) in [6.45, 7) is 5.13.